The minimum atomic E-state index is -0.681. The molecule has 37 heavy (non-hydrogen) atoms. The molecule has 0 radical (unpaired) electrons. The maximum atomic E-state index is 15.4. The second-order valence-corrected chi connectivity index (χ2v) is 8.79. The average molecular weight is 508 g/mol. The van der Waals surface area contributed by atoms with Crippen LogP contribution in [0, 0.1) is 11.6 Å². The zero-order chi connectivity index (χ0) is 25.9. The van der Waals surface area contributed by atoms with E-state index in [4.69, 9.17) is 10.5 Å². The number of fused-ring (bicyclic) bond motifs is 1. The summed E-state index contributed by atoms with van der Waals surface area (Å²) in [7, 11) is 0. The number of morpholine rings is 1. The predicted octanol–water partition coefficient (Wildman–Crippen LogP) is 4.30. The lowest BCUT2D eigenvalue weighted by Gasteiger charge is -2.26. The van der Waals surface area contributed by atoms with E-state index in [1.165, 1.54) is 18.5 Å². The van der Waals surface area contributed by atoms with Crippen molar-refractivity contribution in [2.24, 2.45) is 0 Å². The molecule has 1 aliphatic rings. The largest absolute Gasteiger partial charge is 0.382 e. The topological polar surface area (TPSA) is 110 Å². The summed E-state index contributed by atoms with van der Waals surface area (Å²) in [6, 6.07) is 10.0. The average Bonchev–Trinajstić information content (AvgIpc) is 3.25. The molecule has 9 nitrogen and oxygen atoms in total. The van der Waals surface area contributed by atoms with Crippen molar-refractivity contribution in [2.75, 3.05) is 42.7 Å². The number of carbonyl (C=O) groups is 1. The Morgan fingerprint density at radius 1 is 1.05 bits per heavy atom. The molecular weight excluding hydrogens is 480 g/mol. The van der Waals surface area contributed by atoms with Crippen LogP contribution in [0.2, 0.25) is 0 Å². The number of urea groups is 1. The van der Waals surface area contributed by atoms with Crippen molar-refractivity contribution in [1.29, 1.82) is 0 Å². The van der Waals surface area contributed by atoms with Crippen molar-refractivity contribution in [2.45, 2.75) is 19.9 Å². The Labute approximate surface area is 212 Å². The SMILES string of the molecule is CCc1ccc(F)c(NC(=O)Nc2ccc(-c3cc(CN4CCOCC4)n4ncnc(N)c34)c(F)c2)c1. The van der Waals surface area contributed by atoms with Crippen LogP contribution in [0.4, 0.5) is 30.8 Å². The number of nitrogens with one attached hydrogen (secondary N) is 2. The van der Waals surface area contributed by atoms with E-state index in [-0.39, 0.29) is 17.2 Å². The highest BCUT2D eigenvalue weighted by molar-refractivity contribution is 6.00. The fraction of sp³-hybridized carbons (Fsp3) is 0.269. The van der Waals surface area contributed by atoms with Crippen LogP contribution in [0.1, 0.15) is 18.2 Å². The van der Waals surface area contributed by atoms with Crippen LogP contribution in [0.5, 0.6) is 0 Å². The van der Waals surface area contributed by atoms with Crippen LogP contribution >= 0.6 is 0 Å². The molecule has 4 N–H and O–H groups in total. The summed E-state index contributed by atoms with van der Waals surface area (Å²) in [4.78, 5) is 18.8. The predicted molar refractivity (Wildman–Crippen MR) is 137 cm³/mol. The van der Waals surface area contributed by atoms with Crippen LogP contribution in [0.15, 0.2) is 48.8 Å². The highest BCUT2D eigenvalue weighted by Crippen LogP contribution is 2.33. The van der Waals surface area contributed by atoms with Gasteiger partial charge in [0.05, 0.1) is 24.6 Å². The van der Waals surface area contributed by atoms with E-state index in [9.17, 15) is 9.18 Å². The minimum Gasteiger partial charge on any atom is -0.382 e. The number of anilines is 3. The second-order valence-electron chi connectivity index (χ2n) is 8.79. The highest BCUT2D eigenvalue weighted by Gasteiger charge is 2.21. The number of benzene rings is 2. The molecule has 5 rings (SSSR count). The van der Waals surface area contributed by atoms with Crippen molar-refractivity contribution in [3.05, 3.63) is 71.7 Å². The number of amides is 2. The van der Waals surface area contributed by atoms with Crippen LogP contribution in [0.25, 0.3) is 16.6 Å². The van der Waals surface area contributed by atoms with Gasteiger partial charge in [-0.05, 0) is 48.4 Å². The van der Waals surface area contributed by atoms with Crippen molar-refractivity contribution < 1.29 is 18.3 Å². The number of aryl methyl sites for hydroxylation is 1. The molecule has 0 unspecified atom stereocenters. The summed E-state index contributed by atoms with van der Waals surface area (Å²) < 4.78 is 36.6. The van der Waals surface area contributed by atoms with Crippen molar-refractivity contribution >= 4 is 28.7 Å². The van der Waals surface area contributed by atoms with Gasteiger partial charge < -0.3 is 21.1 Å². The van der Waals surface area contributed by atoms with Gasteiger partial charge in [0, 0.05) is 36.4 Å². The molecule has 2 aromatic carbocycles. The molecule has 1 fully saturated rings. The molecule has 0 aliphatic carbocycles. The normalized spacial score (nSPS) is 14.1. The number of hydrogen-bond donors (Lipinski definition) is 3. The van der Waals surface area contributed by atoms with E-state index in [1.54, 1.807) is 28.8 Å². The first-order chi connectivity index (χ1) is 17.9. The second kappa shape index (κ2) is 10.5. The number of ether oxygens (including phenoxy) is 1. The van der Waals surface area contributed by atoms with E-state index < -0.39 is 17.7 Å². The molecule has 3 heterocycles. The first-order valence-electron chi connectivity index (χ1n) is 12.0. The van der Waals surface area contributed by atoms with Crippen LogP contribution in [-0.4, -0.2) is 51.8 Å². The molecule has 2 amide bonds. The number of carbonyl (C=O) groups excluding carboxylic acids is 1. The number of nitrogen functional groups attached to an aromatic ring is 1. The smallest absolute Gasteiger partial charge is 0.323 e. The molecule has 0 saturated carbocycles. The summed E-state index contributed by atoms with van der Waals surface area (Å²) in [5.74, 6) is -0.886. The summed E-state index contributed by atoms with van der Waals surface area (Å²) >= 11 is 0. The van der Waals surface area contributed by atoms with E-state index >= 15 is 4.39 Å². The van der Waals surface area contributed by atoms with Gasteiger partial charge in [-0.3, -0.25) is 4.90 Å². The molecule has 2 aromatic heterocycles. The fourth-order valence-electron chi connectivity index (χ4n) is 4.42. The lowest BCUT2D eigenvalue weighted by atomic mass is 10.1. The van der Waals surface area contributed by atoms with Crippen molar-refractivity contribution in [1.82, 2.24) is 19.5 Å². The van der Waals surface area contributed by atoms with E-state index in [2.05, 4.69) is 25.6 Å². The van der Waals surface area contributed by atoms with E-state index in [0.717, 1.165) is 24.3 Å². The van der Waals surface area contributed by atoms with Gasteiger partial charge in [-0.1, -0.05) is 13.0 Å². The fourth-order valence-corrected chi connectivity index (χ4v) is 4.42. The Morgan fingerprint density at radius 3 is 2.62 bits per heavy atom. The molecule has 192 valence electrons. The summed E-state index contributed by atoms with van der Waals surface area (Å²) in [5.41, 5.74) is 9.51. The molecule has 11 heteroatoms. The number of nitrogens with two attached hydrogens (primary N) is 1. The van der Waals surface area contributed by atoms with Crippen molar-refractivity contribution in [3.63, 3.8) is 0 Å². The summed E-state index contributed by atoms with van der Waals surface area (Å²) in [5, 5.41) is 9.38. The molecule has 1 saturated heterocycles. The standard InChI is InChI=1S/C26H27F2N7O2/c1-2-16-3-6-21(27)23(11-16)33-26(36)32-17-4-5-19(22(28)12-17)20-13-18(14-34-7-9-37-10-8-34)35-24(20)25(29)30-15-31-35/h3-6,11-13,15H,2,7-10,14H2,1H3,(H2,29,30,31)(H2,32,33,36). The third-order valence-corrected chi connectivity index (χ3v) is 6.35. The van der Waals surface area contributed by atoms with Gasteiger partial charge in [0.15, 0.2) is 5.82 Å². The van der Waals surface area contributed by atoms with E-state index in [1.807, 2.05) is 13.0 Å². The van der Waals surface area contributed by atoms with Crippen molar-refractivity contribution in [3.8, 4) is 11.1 Å². The van der Waals surface area contributed by atoms with Gasteiger partial charge in [-0.15, -0.1) is 0 Å². The molecule has 0 atom stereocenters. The van der Waals surface area contributed by atoms with Gasteiger partial charge in [-0.2, -0.15) is 5.10 Å². The quantitative estimate of drug-likeness (QED) is 0.359. The molecule has 4 aromatic rings. The van der Waals surface area contributed by atoms with Crippen LogP contribution in [0.3, 0.4) is 0 Å². The maximum absolute atomic E-state index is 15.4. The Hall–Kier alpha value is -4.09. The third-order valence-electron chi connectivity index (χ3n) is 6.35. The minimum absolute atomic E-state index is 0.0532. The zero-order valence-corrected chi connectivity index (χ0v) is 20.3. The van der Waals surface area contributed by atoms with Gasteiger partial charge >= 0.3 is 6.03 Å². The number of hydrogen-bond acceptors (Lipinski definition) is 6. The monoisotopic (exact) mass is 507 g/mol. The first-order valence-corrected chi connectivity index (χ1v) is 12.0. The zero-order valence-electron chi connectivity index (χ0n) is 20.3. The number of aromatic nitrogens is 3. The molecular formula is C26H27F2N7O2. The number of rotatable bonds is 6. The lowest BCUT2D eigenvalue weighted by Crippen LogP contribution is -2.36. The number of halogens is 2. The first kappa shape index (κ1) is 24.6. The summed E-state index contributed by atoms with van der Waals surface area (Å²) in [6.07, 6.45) is 2.07. The van der Waals surface area contributed by atoms with Crippen LogP contribution in [-0.2, 0) is 17.7 Å². The number of nitrogens with zero attached hydrogens (tertiary/aromatic N) is 4. The third kappa shape index (κ3) is 5.23. The Morgan fingerprint density at radius 2 is 1.86 bits per heavy atom. The Kier molecular flexibility index (Phi) is 6.97. The Balaban J connectivity index is 1.40. The van der Waals surface area contributed by atoms with Gasteiger partial charge in [0.2, 0.25) is 0 Å². The van der Waals surface area contributed by atoms with Crippen LogP contribution < -0.4 is 16.4 Å². The Bertz CT molecular complexity index is 1450. The lowest BCUT2D eigenvalue weighted by molar-refractivity contribution is 0.0334. The summed E-state index contributed by atoms with van der Waals surface area (Å²) in [6.45, 7) is 5.40. The van der Waals surface area contributed by atoms with Gasteiger partial charge in [0.25, 0.3) is 0 Å². The molecule has 0 spiro atoms. The maximum Gasteiger partial charge on any atom is 0.323 e. The van der Waals surface area contributed by atoms with Gasteiger partial charge in [0.1, 0.15) is 23.5 Å². The highest BCUT2D eigenvalue weighted by atomic mass is 19.1. The van der Waals surface area contributed by atoms with E-state index in [0.29, 0.717) is 42.8 Å². The van der Waals surface area contributed by atoms with Gasteiger partial charge in [-0.25, -0.2) is 23.1 Å². The molecule has 1 aliphatic heterocycles. The molecule has 0 bridgehead atoms.